The molecular formula is C31H28N6O. The van der Waals surface area contributed by atoms with Crippen LogP contribution in [0.1, 0.15) is 5.56 Å². The smallest absolute Gasteiger partial charge is 0.180 e. The first-order valence-corrected chi connectivity index (χ1v) is 12.8. The van der Waals surface area contributed by atoms with Gasteiger partial charge >= 0.3 is 0 Å². The Bertz CT molecular complexity index is 1500. The Morgan fingerprint density at radius 2 is 1.58 bits per heavy atom. The largest absolute Gasteiger partial charge is 0.378 e. The number of anilines is 2. The fourth-order valence-corrected chi connectivity index (χ4v) is 4.59. The van der Waals surface area contributed by atoms with Crippen LogP contribution < -0.4 is 10.2 Å². The molecule has 0 amide bonds. The van der Waals surface area contributed by atoms with Crippen molar-refractivity contribution in [3.05, 3.63) is 109 Å². The SMILES string of the molecule is c1ccc(CNc2cc(-c3cccnc3-c3cccc(N4CCOCC4)c3)nc(-c3ccccn3)n2)cc1. The number of ether oxygens (including phenoxy) is 1. The zero-order valence-corrected chi connectivity index (χ0v) is 21.0. The van der Waals surface area contributed by atoms with E-state index in [1.54, 1.807) is 6.20 Å². The van der Waals surface area contributed by atoms with E-state index in [2.05, 4.69) is 57.7 Å². The van der Waals surface area contributed by atoms with E-state index in [0.29, 0.717) is 12.4 Å². The summed E-state index contributed by atoms with van der Waals surface area (Å²) in [5.74, 6) is 1.30. The summed E-state index contributed by atoms with van der Waals surface area (Å²) in [6, 6.07) is 30.6. The summed E-state index contributed by atoms with van der Waals surface area (Å²) in [4.78, 5) is 21.4. The first kappa shape index (κ1) is 23.8. The molecule has 1 aliphatic rings. The highest BCUT2D eigenvalue weighted by Crippen LogP contribution is 2.33. The normalized spacial score (nSPS) is 13.3. The fraction of sp³-hybridized carbons (Fsp3) is 0.161. The van der Waals surface area contributed by atoms with Crippen LogP contribution >= 0.6 is 0 Å². The Kier molecular flexibility index (Phi) is 7.00. The lowest BCUT2D eigenvalue weighted by atomic mass is 10.0. The highest BCUT2D eigenvalue weighted by molar-refractivity contribution is 5.81. The molecule has 1 aliphatic heterocycles. The summed E-state index contributed by atoms with van der Waals surface area (Å²) >= 11 is 0. The van der Waals surface area contributed by atoms with Gasteiger partial charge in [-0.05, 0) is 42.0 Å². The van der Waals surface area contributed by atoms with Crippen molar-refractivity contribution in [2.24, 2.45) is 0 Å². The third-order valence-corrected chi connectivity index (χ3v) is 6.52. The van der Waals surface area contributed by atoms with Crippen LogP contribution in [0.2, 0.25) is 0 Å². The van der Waals surface area contributed by atoms with Crippen LogP contribution in [-0.2, 0) is 11.3 Å². The second-order valence-electron chi connectivity index (χ2n) is 9.07. The van der Waals surface area contributed by atoms with Gasteiger partial charge in [-0.3, -0.25) is 9.97 Å². The Labute approximate surface area is 222 Å². The molecule has 6 rings (SSSR count). The van der Waals surface area contributed by atoms with Crippen molar-refractivity contribution in [1.82, 2.24) is 19.9 Å². The highest BCUT2D eigenvalue weighted by atomic mass is 16.5. The Morgan fingerprint density at radius 3 is 2.42 bits per heavy atom. The third kappa shape index (κ3) is 5.38. The third-order valence-electron chi connectivity index (χ3n) is 6.52. The van der Waals surface area contributed by atoms with Gasteiger partial charge in [0, 0.05) is 54.9 Å². The molecule has 1 fully saturated rings. The number of rotatable bonds is 7. The van der Waals surface area contributed by atoms with Crippen molar-refractivity contribution in [3.63, 3.8) is 0 Å². The lowest BCUT2D eigenvalue weighted by Gasteiger charge is -2.29. The van der Waals surface area contributed by atoms with Gasteiger partial charge in [-0.25, -0.2) is 9.97 Å². The molecule has 0 radical (unpaired) electrons. The predicted octanol–water partition coefficient (Wildman–Crippen LogP) is 5.72. The summed E-state index contributed by atoms with van der Waals surface area (Å²) in [6.07, 6.45) is 3.59. The quantitative estimate of drug-likeness (QED) is 0.306. The Balaban J connectivity index is 1.40. The van der Waals surface area contributed by atoms with Gasteiger partial charge in [-0.1, -0.05) is 48.5 Å². The van der Waals surface area contributed by atoms with Crippen LogP contribution in [-0.4, -0.2) is 46.2 Å². The topological polar surface area (TPSA) is 76.1 Å². The number of nitrogens with one attached hydrogen (secondary N) is 1. The van der Waals surface area contributed by atoms with Crippen molar-refractivity contribution >= 4 is 11.5 Å². The monoisotopic (exact) mass is 500 g/mol. The van der Waals surface area contributed by atoms with Gasteiger partial charge in [-0.2, -0.15) is 0 Å². The van der Waals surface area contributed by atoms with Crippen LogP contribution in [0.5, 0.6) is 0 Å². The highest BCUT2D eigenvalue weighted by Gasteiger charge is 2.16. The van der Waals surface area contributed by atoms with Gasteiger partial charge in [0.1, 0.15) is 11.5 Å². The molecule has 0 spiro atoms. The van der Waals surface area contributed by atoms with E-state index in [1.807, 2.05) is 54.7 Å². The average molecular weight is 501 g/mol. The summed E-state index contributed by atoms with van der Waals surface area (Å²) in [5.41, 5.74) is 6.71. The predicted molar refractivity (Wildman–Crippen MR) is 151 cm³/mol. The molecular weight excluding hydrogens is 472 g/mol. The van der Waals surface area contributed by atoms with Crippen LogP contribution in [0, 0.1) is 0 Å². The lowest BCUT2D eigenvalue weighted by molar-refractivity contribution is 0.122. The average Bonchev–Trinajstić information content (AvgIpc) is 3.01. The summed E-state index contributed by atoms with van der Waals surface area (Å²) in [5, 5.41) is 3.47. The number of hydrogen-bond acceptors (Lipinski definition) is 7. The molecule has 3 aromatic heterocycles. The Hall–Kier alpha value is -4.62. The van der Waals surface area contributed by atoms with E-state index in [4.69, 9.17) is 19.7 Å². The molecule has 2 aromatic carbocycles. The minimum Gasteiger partial charge on any atom is -0.378 e. The van der Waals surface area contributed by atoms with Gasteiger partial charge < -0.3 is 15.0 Å². The number of aromatic nitrogens is 4. The Morgan fingerprint density at radius 1 is 0.737 bits per heavy atom. The standard InChI is InChI=1S/C31H28N6O/c1-2-8-23(9-3-1)22-34-29-21-28(35-31(36-29)27-13-4-5-14-32-27)26-12-7-15-33-30(26)24-10-6-11-25(20-24)37-16-18-38-19-17-37/h1-15,20-21H,16-19,22H2,(H,34,35,36). The van der Waals surface area contributed by atoms with Crippen molar-refractivity contribution < 1.29 is 4.74 Å². The van der Waals surface area contributed by atoms with Gasteiger partial charge in [0.25, 0.3) is 0 Å². The molecule has 0 saturated carbocycles. The minimum absolute atomic E-state index is 0.565. The number of morpholine rings is 1. The first-order valence-electron chi connectivity index (χ1n) is 12.8. The second-order valence-corrected chi connectivity index (χ2v) is 9.07. The molecule has 188 valence electrons. The zero-order valence-electron chi connectivity index (χ0n) is 21.0. The molecule has 0 aliphatic carbocycles. The van der Waals surface area contributed by atoms with E-state index >= 15 is 0 Å². The molecule has 7 nitrogen and oxygen atoms in total. The van der Waals surface area contributed by atoms with Crippen molar-refractivity contribution in [2.45, 2.75) is 6.54 Å². The number of pyridine rings is 2. The fourth-order valence-electron chi connectivity index (χ4n) is 4.59. The summed E-state index contributed by atoms with van der Waals surface area (Å²) in [7, 11) is 0. The van der Waals surface area contributed by atoms with E-state index in [-0.39, 0.29) is 0 Å². The molecule has 0 unspecified atom stereocenters. The molecule has 38 heavy (non-hydrogen) atoms. The van der Waals surface area contributed by atoms with E-state index in [1.165, 1.54) is 11.3 Å². The van der Waals surface area contributed by atoms with Crippen LogP contribution in [0.4, 0.5) is 11.5 Å². The number of benzene rings is 2. The van der Waals surface area contributed by atoms with E-state index < -0.39 is 0 Å². The maximum Gasteiger partial charge on any atom is 0.180 e. The van der Waals surface area contributed by atoms with E-state index in [0.717, 1.165) is 60.3 Å². The van der Waals surface area contributed by atoms with E-state index in [9.17, 15) is 0 Å². The summed E-state index contributed by atoms with van der Waals surface area (Å²) in [6.45, 7) is 3.91. The maximum absolute atomic E-state index is 5.54. The van der Waals surface area contributed by atoms with Gasteiger partial charge in [-0.15, -0.1) is 0 Å². The second kappa shape index (κ2) is 11.2. The molecule has 7 heteroatoms. The maximum atomic E-state index is 5.54. The van der Waals surface area contributed by atoms with Gasteiger partial charge in [0.05, 0.1) is 24.6 Å². The van der Waals surface area contributed by atoms with Gasteiger partial charge in [0.2, 0.25) is 0 Å². The number of nitrogens with zero attached hydrogens (tertiary/aromatic N) is 5. The van der Waals surface area contributed by atoms with Crippen molar-refractivity contribution in [3.8, 4) is 34.0 Å². The molecule has 0 bridgehead atoms. The lowest BCUT2D eigenvalue weighted by Crippen LogP contribution is -2.36. The van der Waals surface area contributed by atoms with Crippen LogP contribution in [0.25, 0.3) is 34.0 Å². The first-order chi connectivity index (χ1) is 18.8. The molecule has 5 aromatic rings. The summed E-state index contributed by atoms with van der Waals surface area (Å²) < 4.78 is 5.54. The van der Waals surface area contributed by atoms with Crippen LogP contribution in [0.3, 0.4) is 0 Å². The van der Waals surface area contributed by atoms with Crippen molar-refractivity contribution in [1.29, 1.82) is 0 Å². The number of hydrogen-bond donors (Lipinski definition) is 1. The molecule has 4 heterocycles. The van der Waals surface area contributed by atoms with Gasteiger partial charge in [0.15, 0.2) is 5.82 Å². The minimum atomic E-state index is 0.565. The molecule has 1 saturated heterocycles. The van der Waals surface area contributed by atoms with Crippen molar-refractivity contribution in [2.75, 3.05) is 36.5 Å². The molecule has 1 N–H and O–H groups in total. The zero-order chi connectivity index (χ0) is 25.6. The molecule has 0 atom stereocenters. The van der Waals surface area contributed by atoms with Crippen LogP contribution in [0.15, 0.2) is 103 Å².